The molecule has 0 aliphatic rings. The Bertz CT molecular complexity index is 544. The van der Waals surface area contributed by atoms with E-state index in [0.29, 0.717) is 6.04 Å². The third-order valence-electron chi connectivity index (χ3n) is 6.73. The Hall–Kier alpha value is -0.0300. The molecule has 0 bridgehead atoms. The summed E-state index contributed by atoms with van der Waals surface area (Å²) in [6.07, 6.45) is 17.8. The van der Waals surface area contributed by atoms with E-state index in [2.05, 4.69) is 51.4 Å². The lowest BCUT2D eigenvalue weighted by atomic mass is 9.97. The molecule has 4 N–H and O–H groups in total. The standard InChI is InChI=1S/C28H51ClNO.2ClH.H3N/c1-5-6-7-8-9-10-11-12-13-14-18-21-27(29)22-23-30(3,4)28(24-25(2)31)26-19-16-15-17-20-26;;;/h15-17,19-20,25,27-28,31H,5-14,18,21-24H2,1-4H3;2*1H;1H3/q+1;;;/p-1. The number of alkyl halides is 1. The third kappa shape index (κ3) is 18.3. The Morgan fingerprint density at radius 1 is 0.824 bits per heavy atom. The lowest BCUT2D eigenvalue weighted by Gasteiger charge is -2.39. The van der Waals surface area contributed by atoms with Gasteiger partial charge < -0.3 is 28.1 Å². The summed E-state index contributed by atoms with van der Waals surface area (Å²) in [5.41, 5.74) is 1.31. The maximum atomic E-state index is 10.1. The van der Waals surface area contributed by atoms with Gasteiger partial charge in [-0.05, 0) is 13.3 Å². The summed E-state index contributed by atoms with van der Waals surface area (Å²) in [6, 6.07) is 10.9. The second kappa shape index (κ2) is 23.4. The number of nitrogens with zero attached hydrogens (tertiary/aromatic N) is 1. The van der Waals surface area contributed by atoms with Gasteiger partial charge >= 0.3 is 0 Å². The van der Waals surface area contributed by atoms with Crippen molar-refractivity contribution in [2.24, 2.45) is 0 Å². The summed E-state index contributed by atoms with van der Waals surface area (Å²) in [5.74, 6) is 0. The lowest BCUT2D eigenvalue weighted by Crippen LogP contribution is -3.00. The van der Waals surface area contributed by atoms with Gasteiger partial charge in [0.1, 0.15) is 6.04 Å². The molecule has 1 rings (SSSR count). The van der Waals surface area contributed by atoms with Crippen LogP contribution in [0.1, 0.15) is 115 Å². The minimum Gasteiger partial charge on any atom is -1.00 e. The van der Waals surface area contributed by atoms with Gasteiger partial charge in [0, 0.05) is 23.8 Å². The van der Waals surface area contributed by atoms with Crippen molar-refractivity contribution in [3.8, 4) is 0 Å². The van der Waals surface area contributed by atoms with Crippen molar-refractivity contribution >= 4 is 24.0 Å². The van der Waals surface area contributed by atoms with E-state index < -0.39 is 0 Å². The van der Waals surface area contributed by atoms with Crippen LogP contribution in [-0.2, 0) is 0 Å². The normalized spacial score (nSPS) is 13.7. The van der Waals surface area contributed by atoms with Gasteiger partial charge in [-0.25, -0.2) is 0 Å². The van der Waals surface area contributed by atoms with Crippen LogP contribution in [0.3, 0.4) is 0 Å². The molecule has 6 heteroatoms. The van der Waals surface area contributed by atoms with Gasteiger partial charge in [0.25, 0.3) is 0 Å². The molecule has 3 unspecified atom stereocenters. The van der Waals surface area contributed by atoms with Crippen molar-refractivity contribution in [3.63, 3.8) is 0 Å². The second-order valence-electron chi connectivity index (χ2n) is 10.2. The van der Waals surface area contributed by atoms with E-state index in [1.54, 1.807) is 0 Å². The highest BCUT2D eigenvalue weighted by Crippen LogP contribution is 2.31. The molecule has 0 amide bonds. The van der Waals surface area contributed by atoms with E-state index in [1.165, 1.54) is 76.2 Å². The average molecular weight is 542 g/mol. The molecule has 1 aromatic carbocycles. The monoisotopic (exact) mass is 540 g/mol. The van der Waals surface area contributed by atoms with Gasteiger partial charge in [-0.15, -0.1) is 24.0 Å². The molecule has 0 heterocycles. The van der Waals surface area contributed by atoms with E-state index in [9.17, 15) is 5.11 Å². The fraction of sp³-hybridized carbons (Fsp3) is 0.786. The molecule has 204 valence electrons. The number of quaternary nitrogens is 1. The van der Waals surface area contributed by atoms with Crippen LogP contribution >= 0.6 is 24.0 Å². The molecule has 3 atom stereocenters. The predicted molar refractivity (Wildman–Crippen MR) is 150 cm³/mol. The van der Waals surface area contributed by atoms with E-state index >= 15 is 0 Å². The van der Waals surface area contributed by atoms with Crippen LogP contribution in [-0.4, -0.2) is 41.7 Å². The number of benzene rings is 1. The van der Waals surface area contributed by atoms with Crippen LogP contribution in [0.4, 0.5) is 0 Å². The van der Waals surface area contributed by atoms with Crippen molar-refractivity contribution in [2.75, 3.05) is 20.6 Å². The van der Waals surface area contributed by atoms with E-state index in [4.69, 9.17) is 11.6 Å². The largest absolute Gasteiger partial charge is 1.00 e. The van der Waals surface area contributed by atoms with Crippen molar-refractivity contribution in [1.29, 1.82) is 0 Å². The quantitative estimate of drug-likeness (QED) is 0.131. The molecule has 0 saturated carbocycles. The number of hydrogen-bond donors (Lipinski definition) is 2. The molecule has 0 fully saturated rings. The van der Waals surface area contributed by atoms with Gasteiger partial charge in [-0.2, -0.15) is 0 Å². The maximum absolute atomic E-state index is 10.1. The van der Waals surface area contributed by atoms with Crippen molar-refractivity contribution in [3.05, 3.63) is 35.9 Å². The number of aliphatic hydroxyl groups is 1. The lowest BCUT2D eigenvalue weighted by molar-refractivity contribution is -0.922. The van der Waals surface area contributed by atoms with Crippen molar-refractivity contribution in [2.45, 2.75) is 121 Å². The van der Waals surface area contributed by atoms with E-state index in [0.717, 1.165) is 30.3 Å². The molecule has 0 aliphatic carbocycles. The third-order valence-corrected chi connectivity index (χ3v) is 7.17. The van der Waals surface area contributed by atoms with Gasteiger partial charge in [-0.1, -0.05) is 108 Å². The number of aliphatic hydroxyl groups excluding tert-OH is 1. The number of halogens is 3. The molecule has 1 aromatic rings. The number of hydrogen-bond acceptors (Lipinski definition) is 2. The topological polar surface area (TPSA) is 55.2 Å². The molecule has 34 heavy (non-hydrogen) atoms. The number of unbranched alkanes of at least 4 members (excludes halogenated alkanes) is 10. The summed E-state index contributed by atoms with van der Waals surface area (Å²) >= 11 is 6.71. The summed E-state index contributed by atoms with van der Waals surface area (Å²) in [5, 5.41) is 10.3. The van der Waals surface area contributed by atoms with E-state index in [-0.39, 0.29) is 42.4 Å². The fourth-order valence-corrected chi connectivity index (χ4v) is 4.88. The Kier molecular flexibility index (Phi) is 26.5. The highest BCUT2D eigenvalue weighted by atomic mass is 35.5. The summed E-state index contributed by atoms with van der Waals surface area (Å²) < 4.78 is 0.871. The zero-order chi connectivity index (χ0) is 23.0. The summed E-state index contributed by atoms with van der Waals surface area (Å²) in [7, 11) is 4.57. The summed E-state index contributed by atoms with van der Waals surface area (Å²) in [4.78, 5) is 0. The molecular formula is C28H55Cl3N2O. The number of rotatable bonds is 19. The van der Waals surface area contributed by atoms with Gasteiger partial charge in [-0.3, -0.25) is 0 Å². The molecule has 0 radical (unpaired) electrons. The Balaban J connectivity index is -0.00000320. The second-order valence-corrected chi connectivity index (χ2v) is 10.8. The average Bonchev–Trinajstić information content (AvgIpc) is 2.75. The van der Waals surface area contributed by atoms with Gasteiger partial charge in [0.15, 0.2) is 0 Å². The Morgan fingerprint density at radius 3 is 1.76 bits per heavy atom. The van der Waals surface area contributed by atoms with Crippen LogP contribution in [0, 0.1) is 0 Å². The maximum Gasteiger partial charge on any atom is 0.117 e. The fourth-order valence-electron chi connectivity index (χ4n) is 4.63. The first-order valence-electron chi connectivity index (χ1n) is 13.1. The zero-order valence-corrected chi connectivity index (χ0v) is 24.8. The minimum absolute atomic E-state index is 0. The molecule has 0 aliphatic heterocycles. The van der Waals surface area contributed by atoms with Crippen LogP contribution in [0.25, 0.3) is 0 Å². The predicted octanol–water partition coefficient (Wildman–Crippen LogP) is 5.86. The minimum atomic E-state index is -0.300. The highest BCUT2D eigenvalue weighted by Gasteiger charge is 2.31. The Morgan fingerprint density at radius 2 is 1.29 bits per heavy atom. The van der Waals surface area contributed by atoms with Crippen LogP contribution in [0.5, 0.6) is 0 Å². The zero-order valence-electron chi connectivity index (χ0n) is 22.5. The summed E-state index contributed by atoms with van der Waals surface area (Å²) in [6.45, 7) is 5.22. The SMILES string of the molecule is CCCCCCCCCCCCCC(Cl)CC[N+](C)(C)C(CC(C)O)c1ccccc1.Cl.N.[Cl-]. The molecule has 0 saturated heterocycles. The van der Waals surface area contributed by atoms with Crippen LogP contribution < -0.4 is 18.6 Å². The van der Waals surface area contributed by atoms with Gasteiger partial charge in [0.05, 0.1) is 26.7 Å². The Labute approximate surface area is 229 Å². The van der Waals surface area contributed by atoms with Crippen molar-refractivity contribution < 1.29 is 22.0 Å². The molecule has 3 nitrogen and oxygen atoms in total. The first-order valence-corrected chi connectivity index (χ1v) is 13.5. The van der Waals surface area contributed by atoms with Crippen LogP contribution in [0.15, 0.2) is 30.3 Å². The van der Waals surface area contributed by atoms with Gasteiger partial charge in [0.2, 0.25) is 0 Å². The highest BCUT2D eigenvalue weighted by molar-refractivity contribution is 6.20. The first kappa shape index (κ1) is 38.5. The molecule has 0 aromatic heterocycles. The van der Waals surface area contributed by atoms with E-state index in [1.807, 2.05) is 6.92 Å². The smallest absolute Gasteiger partial charge is 0.117 e. The molecular weight excluding hydrogens is 487 g/mol. The van der Waals surface area contributed by atoms with Crippen molar-refractivity contribution in [1.82, 2.24) is 6.15 Å². The first-order chi connectivity index (χ1) is 14.9. The van der Waals surface area contributed by atoms with Crippen LogP contribution in [0.2, 0.25) is 0 Å². The molecule has 0 spiro atoms.